The average Bonchev–Trinajstić information content (AvgIpc) is 2.21. The summed E-state index contributed by atoms with van der Waals surface area (Å²) in [4.78, 5) is 0. The van der Waals surface area contributed by atoms with Crippen molar-refractivity contribution in [2.45, 2.75) is 19.4 Å². The highest BCUT2D eigenvalue weighted by Crippen LogP contribution is 2.24. The first-order valence-electron chi connectivity index (χ1n) is 5.00. The maximum absolute atomic E-state index is 12.8. The molecule has 1 rings (SSSR count). The van der Waals surface area contributed by atoms with Crippen LogP contribution in [0.4, 0.5) is 4.39 Å². The lowest BCUT2D eigenvalue weighted by molar-refractivity contribution is 0.605. The van der Waals surface area contributed by atoms with Crippen molar-refractivity contribution in [3.8, 4) is 0 Å². The van der Waals surface area contributed by atoms with Crippen molar-refractivity contribution < 1.29 is 4.39 Å². The number of nitrogens with one attached hydrogen (secondary N) is 1. The third-order valence-corrected chi connectivity index (χ3v) is 2.47. The first kappa shape index (κ1) is 12.2. The lowest BCUT2D eigenvalue weighted by Gasteiger charge is -2.15. The Bertz CT molecular complexity index is 338. The van der Waals surface area contributed by atoms with Crippen molar-refractivity contribution in [3.05, 3.63) is 47.3 Å². The van der Waals surface area contributed by atoms with Gasteiger partial charge in [0.15, 0.2) is 0 Å². The van der Waals surface area contributed by atoms with Crippen LogP contribution in [0.2, 0.25) is 5.02 Å². The van der Waals surface area contributed by atoms with Gasteiger partial charge in [-0.2, -0.15) is 0 Å². The Hall–Kier alpha value is -0.860. The maximum atomic E-state index is 12.8. The topological polar surface area (TPSA) is 12.0 Å². The Morgan fingerprint density at radius 3 is 2.87 bits per heavy atom. The molecule has 1 N–H and O–H groups in total. The zero-order valence-corrected chi connectivity index (χ0v) is 9.52. The lowest BCUT2D eigenvalue weighted by Crippen LogP contribution is -2.20. The number of halogens is 2. The highest BCUT2D eigenvalue weighted by molar-refractivity contribution is 6.31. The summed E-state index contributed by atoms with van der Waals surface area (Å²) < 4.78 is 12.8. The molecule has 1 nitrogen and oxygen atoms in total. The third-order valence-electron chi connectivity index (χ3n) is 2.15. The van der Waals surface area contributed by atoms with Crippen molar-refractivity contribution >= 4 is 11.6 Å². The van der Waals surface area contributed by atoms with E-state index >= 15 is 0 Å². The SMILES string of the molecule is C=CC(NCCC)c1ccc(F)cc1Cl. The van der Waals surface area contributed by atoms with E-state index in [2.05, 4.69) is 18.8 Å². The monoisotopic (exact) mass is 227 g/mol. The van der Waals surface area contributed by atoms with Gasteiger partial charge in [-0.15, -0.1) is 6.58 Å². The molecule has 0 bridgehead atoms. The van der Waals surface area contributed by atoms with Gasteiger partial charge in [0.1, 0.15) is 5.82 Å². The molecule has 0 radical (unpaired) electrons. The van der Waals surface area contributed by atoms with Crippen LogP contribution in [-0.4, -0.2) is 6.54 Å². The number of rotatable bonds is 5. The van der Waals surface area contributed by atoms with Crippen LogP contribution in [0.25, 0.3) is 0 Å². The van der Waals surface area contributed by atoms with Crippen LogP contribution in [0, 0.1) is 5.82 Å². The Labute approximate surface area is 95.0 Å². The summed E-state index contributed by atoms with van der Waals surface area (Å²) in [6.45, 7) is 6.70. The third kappa shape index (κ3) is 3.33. The van der Waals surface area contributed by atoms with E-state index in [9.17, 15) is 4.39 Å². The molecule has 0 aliphatic heterocycles. The fourth-order valence-electron chi connectivity index (χ4n) is 1.37. The van der Waals surface area contributed by atoms with Crippen LogP contribution in [0.3, 0.4) is 0 Å². The normalized spacial score (nSPS) is 12.5. The summed E-state index contributed by atoms with van der Waals surface area (Å²) in [5.74, 6) is -0.318. The van der Waals surface area contributed by atoms with Crippen molar-refractivity contribution in [1.29, 1.82) is 0 Å². The van der Waals surface area contributed by atoms with E-state index in [1.807, 2.05) is 0 Å². The first-order chi connectivity index (χ1) is 7.19. The molecule has 0 spiro atoms. The molecular formula is C12H15ClFN. The molecule has 0 saturated carbocycles. The van der Waals surface area contributed by atoms with E-state index in [1.54, 1.807) is 12.1 Å². The molecule has 0 aliphatic rings. The summed E-state index contributed by atoms with van der Waals surface area (Å²) in [6.07, 6.45) is 2.80. The highest BCUT2D eigenvalue weighted by atomic mass is 35.5. The van der Waals surface area contributed by atoms with Crippen LogP contribution < -0.4 is 5.32 Å². The lowest BCUT2D eigenvalue weighted by atomic mass is 10.1. The second kappa shape index (κ2) is 5.89. The van der Waals surface area contributed by atoms with Gasteiger partial charge in [-0.3, -0.25) is 0 Å². The second-order valence-electron chi connectivity index (χ2n) is 3.33. The summed E-state index contributed by atoms with van der Waals surface area (Å²) in [5, 5.41) is 3.70. The Kier molecular flexibility index (Phi) is 4.79. The Morgan fingerprint density at radius 1 is 1.60 bits per heavy atom. The molecule has 0 aromatic heterocycles. The Morgan fingerprint density at radius 2 is 2.33 bits per heavy atom. The molecule has 0 saturated heterocycles. The van der Waals surface area contributed by atoms with Gasteiger partial charge >= 0.3 is 0 Å². The van der Waals surface area contributed by atoms with Gasteiger partial charge in [-0.05, 0) is 30.7 Å². The van der Waals surface area contributed by atoms with E-state index in [4.69, 9.17) is 11.6 Å². The molecular weight excluding hydrogens is 213 g/mol. The summed E-state index contributed by atoms with van der Waals surface area (Å²) in [5.41, 5.74) is 0.863. The van der Waals surface area contributed by atoms with Gasteiger partial charge < -0.3 is 5.32 Å². The van der Waals surface area contributed by atoms with Crippen LogP contribution in [-0.2, 0) is 0 Å². The van der Waals surface area contributed by atoms with Gasteiger partial charge in [-0.1, -0.05) is 30.7 Å². The molecule has 15 heavy (non-hydrogen) atoms. The standard InChI is InChI=1S/C12H15ClFN/c1-3-7-15-12(4-2)10-6-5-9(14)8-11(10)13/h4-6,8,12,15H,2-3,7H2,1H3. The van der Waals surface area contributed by atoms with Crippen molar-refractivity contribution in [1.82, 2.24) is 5.32 Å². The van der Waals surface area contributed by atoms with Gasteiger partial charge in [-0.25, -0.2) is 4.39 Å². The largest absolute Gasteiger partial charge is 0.307 e. The van der Waals surface area contributed by atoms with Crippen molar-refractivity contribution in [2.75, 3.05) is 6.54 Å². The van der Waals surface area contributed by atoms with Gasteiger partial charge in [0, 0.05) is 5.02 Å². The summed E-state index contributed by atoms with van der Waals surface area (Å²) in [6, 6.07) is 4.40. The van der Waals surface area contributed by atoms with Gasteiger partial charge in [0.25, 0.3) is 0 Å². The molecule has 3 heteroatoms. The van der Waals surface area contributed by atoms with E-state index in [1.165, 1.54) is 12.1 Å². The zero-order valence-electron chi connectivity index (χ0n) is 8.76. The molecule has 0 amide bonds. The minimum atomic E-state index is -0.318. The van der Waals surface area contributed by atoms with Crippen LogP contribution >= 0.6 is 11.6 Å². The average molecular weight is 228 g/mol. The van der Waals surface area contributed by atoms with Gasteiger partial charge in [0.05, 0.1) is 6.04 Å². The van der Waals surface area contributed by atoms with Crippen LogP contribution in [0.15, 0.2) is 30.9 Å². The van der Waals surface area contributed by atoms with Crippen molar-refractivity contribution in [2.24, 2.45) is 0 Å². The fourth-order valence-corrected chi connectivity index (χ4v) is 1.66. The van der Waals surface area contributed by atoms with E-state index in [0.29, 0.717) is 5.02 Å². The smallest absolute Gasteiger partial charge is 0.124 e. The summed E-state index contributed by atoms with van der Waals surface area (Å²) in [7, 11) is 0. The number of hydrogen-bond acceptors (Lipinski definition) is 1. The maximum Gasteiger partial charge on any atom is 0.124 e. The summed E-state index contributed by atoms with van der Waals surface area (Å²) >= 11 is 5.95. The molecule has 0 heterocycles. The van der Waals surface area contributed by atoms with Crippen LogP contribution in [0.1, 0.15) is 24.9 Å². The first-order valence-corrected chi connectivity index (χ1v) is 5.37. The molecule has 1 aromatic carbocycles. The molecule has 82 valence electrons. The molecule has 0 aliphatic carbocycles. The van der Waals surface area contributed by atoms with E-state index in [-0.39, 0.29) is 11.9 Å². The van der Waals surface area contributed by atoms with E-state index in [0.717, 1.165) is 18.5 Å². The number of hydrogen-bond donors (Lipinski definition) is 1. The molecule has 1 aromatic rings. The minimum absolute atomic E-state index is 0.0157. The van der Waals surface area contributed by atoms with Crippen molar-refractivity contribution in [3.63, 3.8) is 0 Å². The molecule has 1 unspecified atom stereocenters. The molecule has 0 fully saturated rings. The minimum Gasteiger partial charge on any atom is -0.307 e. The van der Waals surface area contributed by atoms with Gasteiger partial charge in [0.2, 0.25) is 0 Å². The molecule has 1 atom stereocenters. The number of benzene rings is 1. The van der Waals surface area contributed by atoms with E-state index < -0.39 is 0 Å². The Balaban J connectivity index is 2.86. The predicted octanol–water partition coefficient (Wildman–Crippen LogP) is 3.71. The van der Waals surface area contributed by atoms with Crippen LogP contribution in [0.5, 0.6) is 0 Å². The zero-order chi connectivity index (χ0) is 11.3. The second-order valence-corrected chi connectivity index (χ2v) is 3.74. The highest BCUT2D eigenvalue weighted by Gasteiger charge is 2.10. The fraction of sp³-hybridized carbons (Fsp3) is 0.333. The predicted molar refractivity (Wildman–Crippen MR) is 62.6 cm³/mol. The quantitative estimate of drug-likeness (QED) is 0.757.